The van der Waals surface area contributed by atoms with Gasteiger partial charge in [-0.2, -0.15) is 0 Å². The van der Waals surface area contributed by atoms with Gasteiger partial charge in [0.2, 0.25) is 5.91 Å². The molecule has 0 spiro atoms. The molecule has 0 unspecified atom stereocenters. The summed E-state index contributed by atoms with van der Waals surface area (Å²) in [5.74, 6) is -0.326. The van der Waals surface area contributed by atoms with Crippen molar-refractivity contribution in [1.82, 2.24) is 15.5 Å². The van der Waals surface area contributed by atoms with Gasteiger partial charge in [0.15, 0.2) is 0 Å². The third-order valence-corrected chi connectivity index (χ3v) is 3.85. The van der Waals surface area contributed by atoms with E-state index in [1.807, 2.05) is 79.5 Å². The minimum Gasteiger partial charge on any atom is -0.338 e. The second-order valence-electron chi connectivity index (χ2n) is 5.94. The van der Waals surface area contributed by atoms with Crippen molar-refractivity contribution in [1.29, 1.82) is 0 Å². The molecule has 5 heteroatoms. The van der Waals surface area contributed by atoms with E-state index in [0.717, 1.165) is 17.5 Å². The van der Waals surface area contributed by atoms with E-state index in [0.29, 0.717) is 6.54 Å². The highest BCUT2D eigenvalue weighted by molar-refractivity contribution is 5.95. The molecule has 2 aromatic rings. The topological polar surface area (TPSA) is 61.4 Å². The standard InChI is InChI=1S/C20H25N3O2/c1-3-14-21-20(25)22-18(24)15-23(2)19(16-10-6-4-7-11-16)17-12-8-5-9-13-17/h4-13,19H,3,14-15H2,1-2H3,(H2,21,22,24,25). The number of nitrogens with one attached hydrogen (secondary N) is 2. The first-order chi connectivity index (χ1) is 12.1. The molecule has 0 saturated carbocycles. The quantitative estimate of drug-likeness (QED) is 0.815. The average Bonchev–Trinajstić information content (AvgIpc) is 2.62. The molecule has 25 heavy (non-hydrogen) atoms. The molecule has 0 bridgehead atoms. The number of rotatable bonds is 7. The van der Waals surface area contributed by atoms with Crippen molar-refractivity contribution >= 4 is 11.9 Å². The Morgan fingerprint density at radius 1 is 0.960 bits per heavy atom. The maximum absolute atomic E-state index is 12.2. The molecular weight excluding hydrogens is 314 g/mol. The Kier molecular flexibility index (Phi) is 7.16. The molecule has 0 aromatic heterocycles. The Bertz CT molecular complexity index is 634. The van der Waals surface area contributed by atoms with Crippen molar-refractivity contribution in [3.8, 4) is 0 Å². The van der Waals surface area contributed by atoms with Crippen molar-refractivity contribution in [3.63, 3.8) is 0 Å². The van der Waals surface area contributed by atoms with E-state index >= 15 is 0 Å². The second kappa shape index (κ2) is 9.59. The Morgan fingerprint density at radius 3 is 1.96 bits per heavy atom. The molecular formula is C20H25N3O2. The lowest BCUT2D eigenvalue weighted by molar-refractivity contribution is -0.121. The van der Waals surface area contributed by atoms with Crippen molar-refractivity contribution in [2.45, 2.75) is 19.4 Å². The molecule has 2 aromatic carbocycles. The van der Waals surface area contributed by atoms with Crippen molar-refractivity contribution in [2.24, 2.45) is 0 Å². The van der Waals surface area contributed by atoms with Crippen LogP contribution in [-0.4, -0.2) is 37.0 Å². The summed E-state index contributed by atoms with van der Waals surface area (Å²) in [6.45, 7) is 2.62. The zero-order valence-electron chi connectivity index (χ0n) is 14.7. The van der Waals surface area contributed by atoms with Crippen molar-refractivity contribution in [3.05, 3.63) is 71.8 Å². The monoisotopic (exact) mass is 339 g/mol. The minimum absolute atomic E-state index is 0.0631. The molecule has 3 amide bonds. The lowest BCUT2D eigenvalue weighted by atomic mass is 9.97. The summed E-state index contributed by atoms with van der Waals surface area (Å²) in [6.07, 6.45) is 0.825. The Morgan fingerprint density at radius 2 is 1.48 bits per heavy atom. The first-order valence-corrected chi connectivity index (χ1v) is 8.49. The van der Waals surface area contributed by atoms with Gasteiger partial charge in [-0.25, -0.2) is 4.79 Å². The van der Waals surface area contributed by atoms with Gasteiger partial charge >= 0.3 is 6.03 Å². The molecule has 0 heterocycles. The highest BCUT2D eigenvalue weighted by atomic mass is 16.2. The third-order valence-electron chi connectivity index (χ3n) is 3.85. The highest BCUT2D eigenvalue weighted by Crippen LogP contribution is 2.27. The van der Waals surface area contributed by atoms with Gasteiger partial charge in [-0.1, -0.05) is 67.6 Å². The molecule has 5 nitrogen and oxygen atoms in total. The molecule has 0 radical (unpaired) electrons. The highest BCUT2D eigenvalue weighted by Gasteiger charge is 2.21. The number of hydrogen-bond acceptors (Lipinski definition) is 3. The van der Waals surface area contributed by atoms with E-state index in [1.54, 1.807) is 0 Å². The number of imide groups is 1. The smallest absolute Gasteiger partial charge is 0.321 e. The Balaban J connectivity index is 2.10. The van der Waals surface area contributed by atoms with E-state index in [4.69, 9.17) is 0 Å². The van der Waals surface area contributed by atoms with Gasteiger partial charge in [-0.15, -0.1) is 0 Å². The first kappa shape index (κ1) is 18.7. The lowest BCUT2D eigenvalue weighted by Gasteiger charge is -2.28. The molecule has 0 aliphatic carbocycles. The summed E-state index contributed by atoms with van der Waals surface area (Å²) in [7, 11) is 1.88. The number of nitrogens with zero attached hydrogens (tertiary/aromatic N) is 1. The zero-order valence-corrected chi connectivity index (χ0v) is 14.7. The van der Waals surface area contributed by atoms with E-state index in [-0.39, 0.29) is 18.5 Å². The Hall–Kier alpha value is -2.66. The number of carbonyl (C=O) groups is 2. The zero-order chi connectivity index (χ0) is 18.1. The molecule has 0 aliphatic heterocycles. The van der Waals surface area contributed by atoms with Crippen LogP contribution in [0.1, 0.15) is 30.5 Å². The van der Waals surface area contributed by atoms with Crippen LogP contribution in [-0.2, 0) is 4.79 Å². The number of likely N-dealkylation sites (N-methyl/N-ethyl adjacent to an activating group) is 1. The van der Waals surface area contributed by atoms with Crippen molar-refractivity contribution < 1.29 is 9.59 Å². The van der Waals surface area contributed by atoms with Crippen LogP contribution in [0.25, 0.3) is 0 Å². The summed E-state index contributed by atoms with van der Waals surface area (Å²) >= 11 is 0. The van der Waals surface area contributed by atoms with Gasteiger partial charge < -0.3 is 5.32 Å². The number of urea groups is 1. The lowest BCUT2D eigenvalue weighted by Crippen LogP contribution is -2.44. The van der Waals surface area contributed by atoms with E-state index < -0.39 is 6.03 Å². The Labute approximate surface area is 149 Å². The summed E-state index contributed by atoms with van der Waals surface area (Å²) in [5, 5.41) is 5.01. The third kappa shape index (κ3) is 5.72. The normalized spacial score (nSPS) is 10.7. The molecule has 132 valence electrons. The molecule has 0 saturated heterocycles. The van der Waals surface area contributed by atoms with Gasteiger partial charge in [0, 0.05) is 6.54 Å². The van der Waals surface area contributed by atoms with Gasteiger partial charge in [0.25, 0.3) is 0 Å². The largest absolute Gasteiger partial charge is 0.338 e. The fraction of sp³-hybridized carbons (Fsp3) is 0.300. The fourth-order valence-corrected chi connectivity index (χ4v) is 2.74. The molecule has 0 atom stereocenters. The summed E-state index contributed by atoms with van der Waals surface area (Å²) in [5.41, 5.74) is 2.19. The van der Waals surface area contributed by atoms with Crippen molar-refractivity contribution in [2.75, 3.05) is 20.1 Å². The summed E-state index contributed by atoms with van der Waals surface area (Å²) in [4.78, 5) is 25.8. The molecule has 0 fully saturated rings. The van der Waals surface area contributed by atoms with Gasteiger partial charge in [0.1, 0.15) is 0 Å². The van der Waals surface area contributed by atoms with Gasteiger partial charge in [-0.05, 0) is 24.6 Å². The summed E-state index contributed by atoms with van der Waals surface area (Å²) < 4.78 is 0. The number of amides is 3. The molecule has 0 aliphatic rings. The molecule has 2 N–H and O–H groups in total. The number of hydrogen-bond donors (Lipinski definition) is 2. The van der Waals surface area contributed by atoms with E-state index in [2.05, 4.69) is 10.6 Å². The minimum atomic E-state index is -0.448. The maximum atomic E-state index is 12.2. The van der Waals surface area contributed by atoms with Crippen LogP contribution in [0, 0.1) is 0 Å². The predicted molar refractivity (Wildman–Crippen MR) is 99.2 cm³/mol. The van der Waals surface area contributed by atoms with Crippen LogP contribution in [0.5, 0.6) is 0 Å². The van der Waals surface area contributed by atoms with Crippen LogP contribution < -0.4 is 10.6 Å². The van der Waals surface area contributed by atoms with Crippen LogP contribution in [0.2, 0.25) is 0 Å². The molecule has 2 rings (SSSR count). The van der Waals surface area contributed by atoms with Gasteiger partial charge in [-0.3, -0.25) is 15.0 Å². The van der Waals surface area contributed by atoms with Crippen LogP contribution in [0.3, 0.4) is 0 Å². The predicted octanol–water partition coefficient (Wildman–Crippen LogP) is 2.94. The first-order valence-electron chi connectivity index (χ1n) is 8.49. The number of carbonyl (C=O) groups excluding carboxylic acids is 2. The van der Waals surface area contributed by atoms with E-state index in [1.165, 1.54) is 0 Å². The van der Waals surface area contributed by atoms with Crippen LogP contribution in [0.4, 0.5) is 4.79 Å². The van der Waals surface area contributed by atoms with E-state index in [9.17, 15) is 9.59 Å². The average molecular weight is 339 g/mol. The number of benzene rings is 2. The van der Waals surface area contributed by atoms with Crippen LogP contribution >= 0.6 is 0 Å². The van der Waals surface area contributed by atoms with Gasteiger partial charge in [0.05, 0.1) is 12.6 Å². The maximum Gasteiger partial charge on any atom is 0.321 e. The SMILES string of the molecule is CCCNC(=O)NC(=O)CN(C)C(c1ccccc1)c1ccccc1. The van der Waals surface area contributed by atoms with Crippen LogP contribution in [0.15, 0.2) is 60.7 Å². The summed E-state index contributed by atoms with van der Waals surface area (Å²) in [6, 6.07) is 19.5. The fourth-order valence-electron chi connectivity index (χ4n) is 2.74. The second-order valence-corrected chi connectivity index (χ2v) is 5.94.